The molecule has 0 fully saturated rings. The molecule has 0 aliphatic heterocycles. The molecule has 1 amide bonds. The molecule has 1 rings (SSSR count). The summed E-state index contributed by atoms with van der Waals surface area (Å²) in [7, 11) is 0. The smallest absolute Gasteiger partial charge is 0.330 e. The lowest BCUT2D eigenvalue weighted by molar-refractivity contribution is -0.137. The fourth-order valence-corrected chi connectivity index (χ4v) is 1.52. The van der Waals surface area contributed by atoms with E-state index in [9.17, 15) is 18.0 Å². The minimum absolute atomic E-state index is 0.0236. The highest BCUT2D eigenvalue weighted by Gasteiger charge is 2.31. The normalized spacial score (nSPS) is 10.4. The molecule has 0 aromatic heterocycles. The molecular formula is C11H8ClF3N4OS. The molecule has 0 aliphatic rings. The highest BCUT2D eigenvalue weighted by Crippen LogP contribution is 2.33. The number of alkyl halides is 3. The molecule has 10 heteroatoms. The van der Waals surface area contributed by atoms with Crippen molar-refractivity contribution in [3.63, 3.8) is 0 Å². The topological polar surface area (TPSA) is 77.0 Å². The molecule has 1 aromatic rings. The van der Waals surface area contributed by atoms with Gasteiger partial charge in [0.25, 0.3) is 5.91 Å². The van der Waals surface area contributed by atoms with Crippen LogP contribution in [0.4, 0.5) is 18.9 Å². The van der Waals surface area contributed by atoms with Gasteiger partial charge in [0.2, 0.25) is 0 Å². The number of rotatable bonds is 2. The minimum Gasteiger partial charge on any atom is -0.330 e. The van der Waals surface area contributed by atoms with Gasteiger partial charge in [0.05, 0.1) is 22.3 Å². The van der Waals surface area contributed by atoms with Crippen LogP contribution in [0.2, 0.25) is 5.02 Å². The quantitative estimate of drug-likeness (QED) is 0.571. The lowest BCUT2D eigenvalue weighted by atomic mass is 10.2. The van der Waals surface area contributed by atoms with E-state index in [1.807, 2.05) is 0 Å². The van der Waals surface area contributed by atoms with Crippen molar-refractivity contribution in [1.29, 1.82) is 5.26 Å². The van der Waals surface area contributed by atoms with Crippen LogP contribution in [0.15, 0.2) is 18.2 Å². The van der Waals surface area contributed by atoms with E-state index in [0.29, 0.717) is 0 Å². The highest BCUT2D eigenvalue weighted by molar-refractivity contribution is 7.80. The molecule has 0 saturated heterocycles. The first-order valence-electron chi connectivity index (χ1n) is 5.33. The second-order valence-corrected chi connectivity index (χ2v) is 4.47. The van der Waals surface area contributed by atoms with Crippen LogP contribution >= 0.6 is 23.8 Å². The van der Waals surface area contributed by atoms with Crippen molar-refractivity contribution in [2.45, 2.75) is 12.6 Å². The number of hydrogen-bond donors (Lipinski definition) is 3. The number of hydrogen-bond acceptors (Lipinski definition) is 3. The van der Waals surface area contributed by atoms with Crippen molar-refractivity contribution in [2.24, 2.45) is 0 Å². The summed E-state index contributed by atoms with van der Waals surface area (Å²) in [5.74, 6) is -0.642. The van der Waals surface area contributed by atoms with E-state index >= 15 is 0 Å². The number of thiocarbonyl (C=S) groups is 1. The molecule has 0 radical (unpaired) electrons. The van der Waals surface area contributed by atoms with Crippen LogP contribution in [0.5, 0.6) is 0 Å². The van der Waals surface area contributed by atoms with Gasteiger partial charge in [0.1, 0.15) is 6.42 Å². The number of anilines is 1. The van der Waals surface area contributed by atoms with Gasteiger partial charge >= 0.3 is 6.18 Å². The van der Waals surface area contributed by atoms with Gasteiger partial charge in [-0.15, -0.1) is 0 Å². The van der Waals surface area contributed by atoms with Crippen molar-refractivity contribution in [3.05, 3.63) is 28.8 Å². The summed E-state index contributed by atoms with van der Waals surface area (Å²) < 4.78 is 37.7. The van der Waals surface area contributed by atoms with Crippen LogP contribution in [0.25, 0.3) is 0 Å². The largest absolute Gasteiger partial charge is 0.416 e. The van der Waals surface area contributed by atoms with Crippen molar-refractivity contribution in [2.75, 3.05) is 5.32 Å². The number of benzene rings is 1. The van der Waals surface area contributed by atoms with E-state index in [-0.39, 0.29) is 22.2 Å². The molecular weight excluding hydrogens is 329 g/mol. The summed E-state index contributed by atoms with van der Waals surface area (Å²) >= 11 is 10.5. The Bertz CT molecular complexity index is 600. The molecule has 0 bridgehead atoms. The summed E-state index contributed by atoms with van der Waals surface area (Å²) in [6.45, 7) is 0. The third-order valence-corrected chi connectivity index (χ3v) is 2.63. The van der Waals surface area contributed by atoms with Crippen LogP contribution in [0, 0.1) is 11.3 Å². The van der Waals surface area contributed by atoms with E-state index in [0.717, 1.165) is 18.2 Å². The maximum Gasteiger partial charge on any atom is 0.416 e. The van der Waals surface area contributed by atoms with Crippen molar-refractivity contribution in [1.82, 2.24) is 10.9 Å². The molecule has 0 unspecified atom stereocenters. The van der Waals surface area contributed by atoms with Gasteiger partial charge in [0, 0.05) is 0 Å². The van der Waals surface area contributed by atoms with Crippen molar-refractivity contribution < 1.29 is 18.0 Å². The van der Waals surface area contributed by atoms with Gasteiger partial charge in [0.15, 0.2) is 5.11 Å². The number of carbonyl (C=O) groups is 1. The van der Waals surface area contributed by atoms with E-state index < -0.39 is 17.6 Å². The molecule has 0 spiro atoms. The third kappa shape index (κ3) is 5.45. The number of carbonyl (C=O) groups excluding carboxylic acids is 1. The Morgan fingerprint density at radius 3 is 2.62 bits per heavy atom. The number of hydrazine groups is 1. The Morgan fingerprint density at radius 1 is 1.38 bits per heavy atom. The van der Waals surface area contributed by atoms with Crippen LogP contribution in [0.1, 0.15) is 12.0 Å². The predicted molar refractivity (Wildman–Crippen MR) is 74.2 cm³/mol. The zero-order valence-electron chi connectivity index (χ0n) is 10.2. The minimum atomic E-state index is -4.52. The van der Waals surface area contributed by atoms with Gasteiger partial charge in [-0.25, -0.2) is 0 Å². The third-order valence-electron chi connectivity index (χ3n) is 2.10. The van der Waals surface area contributed by atoms with E-state index in [4.69, 9.17) is 29.1 Å². The van der Waals surface area contributed by atoms with Gasteiger partial charge in [-0.1, -0.05) is 11.6 Å². The highest BCUT2D eigenvalue weighted by atomic mass is 35.5. The first-order valence-corrected chi connectivity index (χ1v) is 6.12. The maximum absolute atomic E-state index is 12.6. The maximum atomic E-state index is 12.6. The number of nitrogens with one attached hydrogen (secondary N) is 3. The predicted octanol–water partition coefficient (Wildman–Crippen LogP) is 2.59. The zero-order chi connectivity index (χ0) is 16.0. The molecule has 21 heavy (non-hydrogen) atoms. The lowest BCUT2D eigenvalue weighted by Crippen LogP contribution is -2.43. The lowest BCUT2D eigenvalue weighted by Gasteiger charge is -2.14. The second-order valence-electron chi connectivity index (χ2n) is 3.65. The molecule has 3 N–H and O–H groups in total. The van der Waals surface area contributed by atoms with E-state index in [2.05, 4.69) is 16.2 Å². The molecule has 0 aliphatic carbocycles. The summed E-state index contributed by atoms with van der Waals surface area (Å²) in [4.78, 5) is 11.0. The molecule has 5 nitrogen and oxygen atoms in total. The van der Waals surface area contributed by atoms with Gasteiger partial charge < -0.3 is 5.32 Å². The van der Waals surface area contributed by atoms with E-state index in [1.54, 1.807) is 6.07 Å². The first-order chi connectivity index (χ1) is 9.74. The number of amides is 1. The molecule has 112 valence electrons. The van der Waals surface area contributed by atoms with E-state index in [1.165, 1.54) is 0 Å². The van der Waals surface area contributed by atoms with Crippen LogP contribution in [0.3, 0.4) is 0 Å². The number of nitriles is 1. The average molecular weight is 337 g/mol. The Balaban J connectivity index is 2.72. The molecule has 1 aromatic carbocycles. The second kappa shape index (κ2) is 7.10. The monoisotopic (exact) mass is 336 g/mol. The molecule has 0 saturated carbocycles. The van der Waals surface area contributed by atoms with Crippen molar-refractivity contribution in [3.8, 4) is 6.07 Å². The molecule has 0 heterocycles. The molecule has 0 atom stereocenters. The van der Waals surface area contributed by atoms with Crippen LogP contribution in [-0.4, -0.2) is 11.0 Å². The standard InChI is InChI=1S/C11H8ClF3N4OS/c12-7-2-1-6(11(13,14)15)5-8(7)17-10(21)19-18-9(20)3-4-16/h1-2,5H,3H2,(H,18,20)(H2,17,19,21). The van der Waals surface area contributed by atoms with Gasteiger partial charge in [-0.3, -0.25) is 15.6 Å². The van der Waals surface area contributed by atoms with Gasteiger partial charge in [-0.2, -0.15) is 18.4 Å². The first kappa shape index (κ1) is 17.0. The SMILES string of the molecule is N#CCC(=O)NNC(=S)Nc1cc(C(F)(F)F)ccc1Cl. The summed E-state index contributed by atoms with van der Waals surface area (Å²) in [6.07, 6.45) is -4.91. The number of halogens is 4. The average Bonchev–Trinajstić information content (AvgIpc) is 2.38. The fraction of sp³-hybridized carbons (Fsp3) is 0.182. The Kier molecular flexibility index (Phi) is 5.75. The summed E-state index contributed by atoms with van der Waals surface area (Å²) in [5, 5.41) is 10.5. The van der Waals surface area contributed by atoms with Crippen molar-refractivity contribution >= 4 is 40.5 Å². The number of nitrogens with zero attached hydrogens (tertiary/aromatic N) is 1. The van der Waals surface area contributed by atoms with Gasteiger partial charge in [-0.05, 0) is 30.4 Å². The Labute approximate surface area is 128 Å². The summed E-state index contributed by atoms with van der Waals surface area (Å²) in [5.41, 5.74) is 3.35. The zero-order valence-corrected chi connectivity index (χ0v) is 11.8. The van der Waals surface area contributed by atoms with Crippen LogP contribution in [-0.2, 0) is 11.0 Å². The summed E-state index contributed by atoms with van der Waals surface area (Å²) in [6, 6.07) is 4.30. The fourth-order valence-electron chi connectivity index (χ4n) is 1.19. The Hall–Kier alpha value is -2.05. The van der Waals surface area contributed by atoms with Crippen LogP contribution < -0.4 is 16.2 Å². The Morgan fingerprint density at radius 2 is 2.05 bits per heavy atom.